The highest BCUT2D eigenvalue weighted by atomic mass is 19.4. The summed E-state index contributed by atoms with van der Waals surface area (Å²) in [5, 5.41) is 5.62. The average Bonchev–Trinajstić information content (AvgIpc) is 2.75. The summed E-state index contributed by atoms with van der Waals surface area (Å²) in [4.78, 5) is 7.85. The Morgan fingerprint density at radius 1 is 0.935 bits per heavy atom. The van der Waals surface area contributed by atoms with E-state index in [0.717, 1.165) is 12.6 Å². The van der Waals surface area contributed by atoms with E-state index in [1.807, 2.05) is 13.8 Å². The number of benzene rings is 2. The molecule has 3 aromatic rings. The van der Waals surface area contributed by atoms with E-state index in [9.17, 15) is 13.2 Å². The second-order valence-corrected chi connectivity index (χ2v) is 6.79. The van der Waals surface area contributed by atoms with Crippen molar-refractivity contribution in [2.75, 3.05) is 17.7 Å². The van der Waals surface area contributed by atoms with Gasteiger partial charge in [0.15, 0.2) is 0 Å². The fraction of sp³-hybridized carbons (Fsp3) is 0.273. The zero-order valence-electron chi connectivity index (χ0n) is 17.3. The minimum atomic E-state index is -4.61. The molecule has 0 saturated carbocycles. The van der Waals surface area contributed by atoms with Crippen molar-refractivity contribution in [3.8, 4) is 11.5 Å². The molecule has 164 valence electrons. The van der Waals surface area contributed by atoms with Crippen LogP contribution in [0, 0.1) is 0 Å². The van der Waals surface area contributed by atoms with E-state index in [1.54, 1.807) is 55.6 Å². The van der Waals surface area contributed by atoms with Crippen LogP contribution < -0.4 is 20.1 Å². The van der Waals surface area contributed by atoms with Crippen molar-refractivity contribution in [1.29, 1.82) is 0 Å². The first kappa shape index (κ1) is 22.2. The smallest absolute Gasteiger partial charge is 0.421 e. The summed E-state index contributed by atoms with van der Waals surface area (Å²) in [6.07, 6.45) is -2.97. The lowest BCUT2D eigenvalue weighted by Crippen LogP contribution is -2.12. The molecule has 6 nitrogen and oxygen atoms in total. The van der Waals surface area contributed by atoms with Gasteiger partial charge in [0.25, 0.3) is 0 Å². The van der Waals surface area contributed by atoms with E-state index >= 15 is 0 Å². The van der Waals surface area contributed by atoms with Gasteiger partial charge in [0, 0.05) is 17.6 Å². The molecule has 0 aliphatic rings. The molecule has 1 aromatic heterocycles. The Morgan fingerprint density at radius 2 is 1.52 bits per heavy atom. The lowest BCUT2D eigenvalue weighted by atomic mass is 10.2. The fourth-order valence-electron chi connectivity index (χ4n) is 2.62. The Kier molecular flexibility index (Phi) is 6.84. The molecule has 2 aromatic carbocycles. The van der Waals surface area contributed by atoms with E-state index in [1.165, 1.54) is 0 Å². The molecule has 1 unspecified atom stereocenters. The zero-order valence-corrected chi connectivity index (χ0v) is 17.3. The lowest BCUT2D eigenvalue weighted by Gasteiger charge is -2.16. The van der Waals surface area contributed by atoms with Crippen LogP contribution >= 0.6 is 0 Å². The van der Waals surface area contributed by atoms with E-state index in [-0.39, 0.29) is 17.9 Å². The maximum Gasteiger partial charge on any atom is 0.421 e. The molecule has 3 rings (SSSR count). The number of nitrogens with zero attached hydrogens (tertiary/aromatic N) is 2. The van der Waals surface area contributed by atoms with Crippen molar-refractivity contribution in [1.82, 2.24) is 9.97 Å². The first-order valence-corrected chi connectivity index (χ1v) is 9.67. The highest BCUT2D eigenvalue weighted by Crippen LogP contribution is 2.35. The van der Waals surface area contributed by atoms with Crippen molar-refractivity contribution in [2.45, 2.75) is 32.5 Å². The van der Waals surface area contributed by atoms with E-state index in [4.69, 9.17) is 9.47 Å². The minimum Gasteiger partial charge on any atom is -0.497 e. The largest absolute Gasteiger partial charge is 0.497 e. The van der Waals surface area contributed by atoms with Crippen molar-refractivity contribution < 1.29 is 22.6 Å². The molecule has 1 heterocycles. The summed E-state index contributed by atoms with van der Waals surface area (Å²) in [7, 11) is 1.54. The Morgan fingerprint density at radius 3 is 2.06 bits per heavy atom. The number of halogens is 3. The standard InChI is InChI=1S/C22H23F3N4O2/c1-4-14(2)31-18-11-7-15(8-12-18)27-20-19(22(23,24)25)13-26-21(29-20)28-16-5-9-17(30-3)10-6-16/h5-14H,4H2,1-3H3,(H2,26,27,28,29). The van der Waals surface area contributed by atoms with Gasteiger partial charge in [0.2, 0.25) is 5.95 Å². The Balaban J connectivity index is 1.83. The molecular formula is C22H23F3N4O2. The minimum absolute atomic E-state index is 0.0254. The van der Waals surface area contributed by atoms with Gasteiger partial charge in [-0.1, -0.05) is 6.92 Å². The molecule has 2 N–H and O–H groups in total. The number of hydrogen-bond acceptors (Lipinski definition) is 6. The molecule has 0 radical (unpaired) electrons. The molecule has 0 bridgehead atoms. The molecule has 0 fully saturated rings. The molecular weight excluding hydrogens is 409 g/mol. The Hall–Kier alpha value is -3.49. The number of hydrogen-bond donors (Lipinski definition) is 2. The van der Waals surface area contributed by atoms with Crippen LogP contribution in [-0.4, -0.2) is 23.2 Å². The fourth-order valence-corrected chi connectivity index (χ4v) is 2.62. The van der Waals surface area contributed by atoms with Crippen LogP contribution in [0.4, 0.5) is 36.3 Å². The SMILES string of the molecule is CCC(C)Oc1ccc(Nc2nc(Nc3ccc(OC)cc3)ncc2C(F)(F)F)cc1. The van der Waals surface area contributed by atoms with Gasteiger partial charge < -0.3 is 20.1 Å². The molecule has 0 saturated heterocycles. The normalized spacial score (nSPS) is 12.2. The number of aromatic nitrogens is 2. The third-order valence-electron chi connectivity index (χ3n) is 4.47. The number of nitrogens with one attached hydrogen (secondary N) is 2. The predicted molar refractivity (Wildman–Crippen MR) is 113 cm³/mol. The average molecular weight is 432 g/mol. The third-order valence-corrected chi connectivity index (χ3v) is 4.47. The zero-order chi connectivity index (χ0) is 22.4. The summed E-state index contributed by atoms with van der Waals surface area (Å²) in [5.74, 6) is 0.967. The lowest BCUT2D eigenvalue weighted by molar-refractivity contribution is -0.137. The molecule has 1 atom stereocenters. The van der Waals surface area contributed by atoms with Gasteiger partial charge in [0.05, 0.1) is 13.2 Å². The van der Waals surface area contributed by atoms with Crippen LogP contribution in [0.1, 0.15) is 25.8 Å². The number of rotatable bonds is 8. The monoisotopic (exact) mass is 432 g/mol. The third kappa shape index (κ3) is 6.00. The molecule has 0 aliphatic carbocycles. The maximum atomic E-state index is 13.5. The van der Waals surface area contributed by atoms with Crippen LogP contribution in [0.3, 0.4) is 0 Å². The summed E-state index contributed by atoms with van der Waals surface area (Å²) in [5.41, 5.74) is 0.0851. The number of ether oxygens (including phenoxy) is 2. The topological polar surface area (TPSA) is 68.3 Å². The van der Waals surface area contributed by atoms with E-state index < -0.39 is 11.7 Å². The Labute approximate surface area is 178 Å². The van der Waals surface area contributed by atoms with Crippen molar-refractivity contribution in [3.63, 3.8) is 0 Å². The van der Waals surface area contributed by atoms with Crippen molar-refractivity contribution >= 4 is 23.1 Å². The van der Waals surface area contributed by atoms with E-state index in [0.29, 0.717) is 22.9 Å². The molecule has 0 amide bonds. The summed E-state index contributed by atoms with van der Waals surface area (Å²) in [6, 6.07) is 13.5. The highest BCUT2D eigenvalue weighted by molar-refractivity contribution is 5.63. The van der Waals surface area contributed by atoms with Crippen molar-refractivity contribution in [3.05, 3.63) is 60.3 Å². The molecule has 9 heteroatoms. The van der Waals surface area contributed by atoms with Gasteiger partial charge in [-0.3, -0.25) is 0 Å². The summed E-state index contributed by atoms with van der Waals surface area (Å²) < 4.78 is 51.2. The number of anilines is 4. The number of alkyl halides is 3. The first-order valence-electron chi connectivity index (χ1n) is 9.67. The van der Waals surface area contributed by atoms with E-state index in [2.05, 4.69) is 20.6 Å². The van der Waals surface area contributed by atoms with Gasteiger partial charge in [0.1, 0.15) is 22.9 Å². The summed E-state index contributed by atoms with van der Waals surface area (Å²) in [6.45, 7) is 3.95. The van der Waals surface area contributed by atoms with Gasteiger partial charge in [-0.15, -0.1) is 0 Å². The van der Waals surface area contributed by atoms with Crippen LogP contribution in [0.25, 0.3) is 0 Å². The highest BCUT2D eigenvalue weighted by Gasteiger charge is 2.35. The van der Waals surface area contributed by atoms with Gasteiger partial charge in [-0.2, -0.15) is 18.2 Å². The van der Waals surface area contributed by atoms with Gasteiger partial charge in [-0.25, -0.2) is 4.98 Å². The molecule has 31 heavy (non-hydrogen) atoms. The molecule has 0 spiro atoms. The van der Waals surface area contributed by atoms with Gasteiger partial charge >= 0.3 is 6.18 Å². The Bertz CT molecular complexity index is 993. The quantitative estimate of drug-likeness (QED) is 0.444. The van der Waals surface area contributed by atoms with Crippen molar-refractivity contribution in [2.24, 2.45) is 0 Å². The molecule has 0 aliphatic heterocycles. The van der Waals surface area contributed by atoms with Crippen LogP contribution in [0.15, 0.2) is 54.7 Å². The predicted octanol–water partition coefficient (Wildman–Crippen LogP) is 6.17. The van der Waals surface area contributed by atoms with Gasteiger partial charge in [-0.05, 0) is 61.9 Å². The summed E-state index contributed by atoms with van der Waals surface area (Å²) >= 11 is 0. The number of methoxy groups -OCH3 is 1. The van der Waals surface area contributed by atoms with Crippen LogP contribution in [0.5, 0.6) is 11.5 Å². The van der Waals surface area contributed by atoms with Crippen LogP contribution in [0.2, 0.25) is 0 Å². The second kappa shape index (κ2) is 9.55. The second-order valence-electron chi connectivity index (χ2n) is 6.79. The maximum absolute atomic E-state index is 13.5. The van der Waals surface area contributed by atoms with Crippen LogP contribution in [-0.2, 0) is 6.18 Å². The first-order chi connectivity index (χ1) is 14.8.